The van der Waals surface area contributed by atoms with E-state index in [9.17, 15) is 14.4 Å². The van der Waals surface area contributed by atoms with Crippen molar-refractivity contribution in [2.75, 3.05) is 23.8 Å². The van der Waals surface area contributed by atoms with Crippen LogP contribution in [0.25, 0.3) is 0 Å². The maximum Gasteiger partial charge on any atom is 0.340 e. The van der Waals surface area contributed by atoms with E-state index in [-0.39, 0.29) is 18.3 Å². The van der Waals surface area contributed by atoms with Crippen LogP contribution in [0, 0.1) is 0 Å². The second-order valence-corrected chi connectivity index (χ2v) is 6.58. The summed E-state index contributed by atoms with van der Waals surface area (Å²) in [5, 5.41) is 5.82. The average molecular weight is 402 g/mol. The third-order valence-electron chi connectivity index (χ3n) is 4.47. The number of benzene rings is 3. The normalized spacial score (nSPS) is 12.2. The number of esters is 1. The number of amides is 1. The monoisotopic (exact) mass is 402 g/mol. The zero-order valence-electron chi connectivity index (χ0n) is 15.9. The zero-order chi connectivity index (χ0) is 20.9. The van der Waals surface area contributed by atoms with Gasteiger partial charge in [0.25, 0.3) is 5.91 Å². The molecule has 3 aromatic carbocycles. The van der Waals surface area contributed by atoms with Gasteiger partial charge in [-0.15, -0.1) is 0 Å². The van der Waals surface area contributed by atoms with Crippen LogP contribution in [0.2, 0.25) is 0 Å². The lowest BCUT2D eigenvalue weighted by atomic mass is 10.1. The van der Waals surface area contributed by atoms with Crippen LogP contribution >= 0.6 is 0 Å². The first-order valence-corrected chi connectivity index (χ1v) is 9.28. The number of ether oxygens (including phenoxy) is 2. The highest BCUT2D eigenvalue weighted by Crippen LogP contribution is 2.28. The molecule has 0 unspecified atom stereocenters. The lowest BCUT2D eigenvalue weighted by molar-refractivity contribution is -0.118. The lowest BCUT2D eigenvalue weighted by Crippen LogP contribution is -2.25. The molecule has 1 aliphatic rings. The summed E-state index contributed by atoms with van der Waals surface area (Å²) in [5.41, 5.74) is 2.45. The highest BCUT2D eigenvalue weighted by atomic mass is 16.5. The summed E-state index contributed by atoms with van der Waals surface area (Å²) in [5.74, 6) is -0.804. The van der Waals surface area contributed by atoms with E-state index in [0.717, 1.165) is 5.69 Å². The molecule has 7 heteroatoms. The molecule has 30 heavy (non-hydrogen) atoms. The van der Waals surface area contributed by atoms with E-state index in [1.165, 1.54) is 6.07 Å². The molecule has 1 amide bonds. The topological polar surface area (TPSA) is 93.7 Å². The van der Waals surface area contributed by atoms with Crippen LogP contribution in [-0.4, -0.2) is 30.9 Å². The molecule has 0 bridgehead atoms. The fraction of sp³-hybridized carbons (Fsp3) is 0.0870. The summed E-state index contributed by atoms with van der Waals surface area (Å²) >= 11 is 0. The second-order valence-electron chi connectivity index (χ2n) is 6.58. The van der Waals surface area contributed by atoms with Gasteiger partial charge in [-0.05, 0) is 42.5 Å². The van der Waals surface area contributed by atoms with Crippen molar-refractivity contribution in [3.8, 4) is 5.75 Å². The molecule has 0 radical (unpaired) electrons. The SMILES string of the molecule is O=C1COc2ccc(C(=O)COC(=O)c3ccccc3Nc3ccccc3)cc2N1. The van der Waals surface area contributed by atoms with E-state index in [1.54, 1.807) is 36.4 Å². The molecule has 2 N–H and O–H groups in total. The molecule has 0 fully saturated rings. The van der Waals surface area contributed by atoms with Crippen LogP contribution < -0.4 is 15.4 Å². The zero-order valence-corrected chi connectivity index (χ0v) is 15.9. The van der Waals surface area contributed by atoms with Gasteiger partial charge in [0, 0.05) is 11.3 Å². The van der Waals surface area contributed by atoms with Crippen molar-refractivity contribution in [2.24, 2.45) is 0 Å². The van der Waals surface area contributed by atoms with Crippen molar-refractivity contribution >= 4 is 34.7 Å². The van der Waals surface area contributed by atoms with E-state index >= 15 is 0 Å². The molecule has 0 atom stereocenters. The molecule has 0 aliphatic carbocycles. The number of hydrogen-bond acceptors (Lipinski definition) is 6. The van der Waals surface area contributed by atoms with E-state index < -0.39 is 12.6 Å². The van der Waals surface area contributed by atoms with Gasteiger partial charge in [-0.1, -0.05) is 30.3 Å². The van der Waals surface area contributed by atoms with Crippen molar-refractivity contribution in [1.82, 2.24) is 0 Å². The van der Waals surface area contributed by atoms with Gasteiger partial charge in [0.15, 0.2) is 19.0 Å². The summed E-state index contributed by atoms with van der Waals surface area (Å²) in [7, 11) is 0. The number of para-hydroxylation sites is 2. The number of carbonyl (C=O) groups excluding carboxylic acids is 3. The molecule has 0 aromatic heterocycles. The summed E-state index contributed by atoms with van der Waals surface area (Å²) in [6.45, 7) is -0.486. The number of carbonyl (C=O) groups is 3. The van der Waals surface area contributed by atoms with E-state index in [4.69, 9.17) is 9.47 Å². The Hall–Kier alpha value is -4.13. The number of rotatable bonds is 6. The number of Topliss-reactive ketones (excluding diaryl/α,β-unsaturated/α-hetero) is 1. The van der Waals surface area contributed by atoms with Gasteiger partial charge in [-0.2, -0.15) is 0 Å². The molecular weight excluding hydrogens is 384 g/mol. The summed E-state index contributed by atoms with van der Waals surface area (Å²) in [4.78, 5) is 36.5. The Morgan fingerprint density at radius 3 is 2.60 bits per heavy atom. The summed E-state index contributed by atoms with van der Waals surface area (Å²) in [6, 6.07) is 21.0. The largest absolute Gasteiger partial charge is 0.482 e. The number of ketones is 1. The highest BCUT2D eigenvalue weighted by molar-refractivity contribution is 6.03. The summed E-state index contributed by atoms with van der Waals surface area (Å²) < 4.78 is 10.5. The van der Waals surface area contributed by atoms with Gasteiger partial charge in [0.1, 0.15) is 5.75 Å². The molecule has 7 nitrogen and oxygen atoms in total. The van der Waals surface area contributed by atoms with Gasteiger partial charge in [-0.25, -0.2) is 4.79 Å². The molecule has 0 saturated carbocycles. The first kappa shape index (κ1) is 19.2. The molecule has 150 valence electrons. The first-order valence-electron chi connectivity index (χ1n) is 9.28. The van der Waals surface area contributed by atoms with Gasteiger partial charge in [0.2, 0.25) is 0 Å². The van der Waals surface area contributed by atoms with Crippen LogP contribution in [0.3, 0.4) is 0 Å². The van der Waals surface area contributed by atoms with E-state index in [2.05, 4.69) is 10.6 Å². The molecule has 0 saturated heterocycles. The van der Waals surface area contributed by atoms with E-state index in [0.29, 0.717) is 28.3 Å². The van der Waals surface area contributed by atoms with Crippen LogP contribution in [0.4, 0.5) is 17.1 Å². The predicted molar refractivity (Wildman–Crippen MR) is 111 cm³/mol. The van der Waals surface area contributed by atoms with Gasteiger partial charge in [-0.3, -0.25) is 9.59 Å². The van der Waals surface area contributed by atoms with Crippen LogP contribution in [0.5, 0.6) is 5.75 Å². The van der Waals surface area contributed by atoms with Crippen molar-refractivity contribution in [2.45, 2.75) is 0 Å². The van der Waals surface area contributed by atoms with Gasteiger partial charge in [0.05, 0.1) is 16.9 Å². The molecule has 1 aliphatic heterocycles. The number of nitrogens with one attached hydrogen (secondary N) is 2. The fourth-order valence-electron chi connectivity index (χ4n) is 3.00. The van der Waals surface area contributed by atoms with Crippen LogP contribution in [-0.2, 0) is 9.53 Å². The van der Waals surface area contributed by atoms with Crippen molar-refractivity contribution in [3.63, 3.8) is 0 Å². The van der Waals surface area contributed by atoms with Crippen LogP contribution in [0.15, 0.2) is 72.8 Å². The molecule has 1 heterocycles. The Morgan fingerprint density at radius 1 is 1.00 bits per heavy atom. The first-order chi connectivity index (χ1) is 14.6. The molecule has 4 rings (SSSR count). The van der Waals surface area contributed by atoms with Crippen molar-refractivity contribution in [3.05, 3.63) is 83.9 Å². The smallest absolute Gasteiger partial charge is 0.340 e. The summed E-state index contributed by atoms with van der Waals surface area (Å²) in [6.07, 6.45) is 0. The number of hydrogen-bond donors (Lipinski definition) is 2. The Balaban J connectivity index is 1.43. The van der Waals surface area contributed by atoms with Gasteiger partial charge < -0.3 is 20.1 Å². The molecular formula is C23H18N2O5. The Morgan fingerprint density at radius 2 is 1.77 bits per heavy atom. The Kier molecular flexibility index (Phi) is 5.43. The second kappa shape index (κ2) is 8.48. The number of fused-ring (bicyclic) bond motifs is 1. The minimum absolute atomic E-state index is 0.0612. The third-order valence-corrected chi connectivity index (χ3v) is 4.47. The Labute approximate surface area is 172 Å². The fourth-order valence-corrected chi connectivity index (χ4v) is 3.00. The maximum absolute atomic E-state index is 12.6. The number of anilines is 3. The average Bonchev–Trinajstić information content (AvgIpc) is 2.77. The van der Waals surface area contributed by atoms with Gasteiger partial charge >= 0.3 is 5.97 Å². The standard InChI is InChI=1S/C23H18N2O5/c26-20(15-10-11-21-19(12-15)25-22(27)14-29-21)13-30-23(28)17-8-4-5-9-18(17)24-16-6-2-1-3-7-16/h1-12,24H,13-14H2,(H,25,27). The maximum atomic E-state index is 12.6. The van der Waals surface area contributed by atoms with Crippen LogP contribution in [0.1, 0.15) is 20.7 Å². The third kappa shape index (κ3) is 4.30. The lowest BCUT2D eigenvalue weighted by Gasteiger charge is -2.18. The Bertz CT molecular complexity index is 1110. The van der Waals surface area contributed by atoms with Crippen molar-refractivity contribution in [1.29, 1.82) is 0 Å². The van der Waals surface area contributed by atoms with E-state index in [1.807, 2.05) is 30.3 Å². The predicted octanol–water partition coefficient (Wildman–Crippen LogP) is 3.80. The quantitative estimate of drug-likeness (QED) is 0.481. The highest BCUT2D eigenvalue weighted by Gasteiger charge is 2.19. The molecule has 0 spiro atoms. The minimum atomic E-state index is -0.614. The molecule has 3 aromatic rings. The minimum Gasteiger partial charge on any atom is -0.482 e. The van der Waals surface area contributed by atoms with Crippen molar-refractivity contribution < 1.29 is 23.9 Å².